The van der Waals surface area contributed by atoms with Crippen LogP contribution in [0.3, 0.4) is 0 Å². The van der Waals surface area contributed by atoms with Crippen molar-refractivity contribution in [3.05, 3.63) is 36.3 Å². The molecule has 90 valence electrons. The number of hydrogen-bond acceptors (Lipinski definition) is 4. The van der Waals surface area contributed by atoms with E-state index in [4.69, 9.17) is 0 Å². The third-order valence-electron chi connectivity index (χ3n) is 2.48. The summed E-state index contributed by atoms with van der Waals surface area (Å²) in [4.78, 5) is 4.16. The van der Waals surface area contributed by atoms with Crippen LogP contribution in [-0.2, 0) is 5.60 Å². The molecular weight excluding hydrogens is 216 g/mol. The molecule has 0 unspecified atom stereocenters. The number of hydrogen-bond donors (Lipinski definition) is 2. The smallest absolute Gasteiger partial charge is 0.148 e. The first-order valence-electron chi connectivity index (χ1n) is 5.43. The predicted molar refractivity (Wildman–Crippen MR) is 66.2 cm³/mol. The fourth-order valence-electron chi connectivity index (χ4n) is 1.50. The Labute approximate surface area is 100 Å². The van der Waals surface area contributed by atoms with Crippen molar-refractivity contribution < 1.29 is 5.11 Å². The van der Waals surface area contributed by atoms with Crippen LogP contribution in [0.1, 0.15) is 19.5 Å². The molecular formula is C12H16N4O. The minimum atomic E-state index is -0.949. The molecule has 2 N–H and O–H groups in total. The summed E-state index contributed by atoms with van der Waals surface area (Å²) in [7, 11) is 1.82. The summed E-state index contributed by atoms with van der Waals surface area (Å²) in [5.74, 6) is 0.798. The maximum Gasteiger partial charge on any atom is 0.148 e. The molecule has 0 aliphatic carbocycles. The first kappa shape index (κ1) is 11.6. The first-order chi connectivity index (χ1) is 8.00. The Hall–Kier alpha value is -1.88. The van der Waals surface area contributed by atoms with E-state index in [1.165, 1.54) is 0 Å². The van der Waals surface area contributed by atoms with Crippen molar-refractivity contribution >= 4 is 5.82 Å². The van der Waals surface area contributed by atoms with Gasteiger partial charge in [-0.3, -0.25) is 4.98 Å². The zero-order valence-electron chi connectivity index (χ0n) is 10.2. The van der Waals surface area contributed by atoms with Gasteiger partial charge in [0.05, 0.1) is 11.4 Å². The van der Waals surface area contributed by atoms with Crippen LogP contribution in [0.15, 0.2) is 30.6 Å². The first-order valence-corrected chi connectivity index (χ1v) is 5.43. The summed E-state index contributed by atoms with van der Waals surface area (Å²) < 4.78 is 1.74. The Morgan fingerprint density at radius 1 is 1.35 bits per heavy atom. The molecule has 0 saturated heterocycles. The van der Waals surface area contributed by atoms with Crippen LogP contribution < -0.4 is 5.32 Å². The third kappa shape index (κ3) is 2.45. The minimum absolute atomic E-state index is 0.622. The van der Waals surface area contributed by atoms with E-state index in [1.807, 2.05) is 31.4 Å². The van der Waals surface area contributed by atoms with Gasteiger partial charge >= 0.3 is 0 Å². The van der Waals surface area contributed by atoms with Gasteiger partial charge in [0, 0.05) is 25.5 Å². The molecule has 5 nitrogen and oxygen atoms in total. The van der Waals surface area contributed by atoms with Crippen LogP contribution in [0, 0.1) is 0 Å². The second-order valence-corrected chi connectivity index (χ2v) is 4.35. The molecule has 0 spiro atoms. The summed E-state index contributed by atoms with van der Waals surface area (Å²) >= 11 is 0. The van der Waals surface area contributed by atoms with Gasteiger partial charge < -0.3 is 10.4 Å². The SMILES string of the molecule is CNc1ccn(-c2ccnc(C(C)(C)O)c2)n1. The second-order valence-electron chi connectivity index (χ2n) is 4.35. The highest BCUT2D eigenvalue weighted by atomic mass is 16.3. The van der Waals surface area contributed by atoms with Gasteiger partial charge in [0.1, 0.15) is 11.4 Å². The van der Waals surface area contributed by atoms with Gasteiger partial charge in [-0.1, -0.05) is 0 Å². The van der Waals surface area contributed by atoms with Gasteiger partial charge in [-0.15, -0.1) is 0 Å². The monoisotopic (exact) mass is 232 g/mol. The molecule has 0 amide bonds. The van der Waals surface area contributed by atoms with Crippen molar-refractivity contribution in [1.29, 1.82) is 0 Å². The summed E-state index contributed by atoms with van der Waals surface area (Å²) in [6.07, 6.45) is 3.53. The number of pyridine rings is 1. The van der Waals surface area contributed by atoms with Gasteiger partial charge in [-0.05, 0) is 26.0 Å². The number of anilines is 1. The van der Waals surface area contributed by atoms with Crippen molar-refractivity contribution in [2.75, 3.05) is 12.4 Å². The van der Waals surface area contributed by atoms with Gasteiger partial charge in [-0.25, -0.2) is 4.68 Å². The Morgan fingerprint density at radius 2 is 2.12 bits per heavy atom. The molecule has 0 aromatic carbocycles. The van der Waals surface area contributed by atoms with E-state index < -0.39 is 5.60 Å². The van der Waals surface area contributed by atoms with Crippen molar-refractivity contribution in [3.8, 4) is 5.69 Å². The predicted octanol–water partition coefficient (Wildman–Crippen LogP) is 1.54. The van der Waals surface area contributed by atoms with Crippen molar-refractivity contribution in [2.24, 2.45) is 0 Å². The molecule has 0 atom stereocenters. The Morgan fingerprint density at radius 3 is 2.71 bits per heavy atom. The van der Waals surface area contributed by atoms with E-state index in [0.29, 0.717) is 5.69 Å². The molecule has 0 radical (unpaired) electrons. The lowest BCUT2D eigenvalue weighted by molar-refractivity contribution is 0.0738. The van der Waals surface area contributed by atoms with Crippen molar-refractivity contribution in [1.82, 2.24) is 14.8 Å². The minimum Gasteiger partial charge on any atom is -0.384 e. The summed E-state index contributed by atoms with van der Waals surface area (Å²) in [5, 5.41) is 17.2. The van der Waals surface area contributed by atoms with Crippen LogP contribution in [0.25, 0.3) is 5.69 Å². The molecule has 2 rings (SSSR count). The number of aliphatic hydroxyl groups is 1. The van der Waals surface area contributed by atoms with E-state index in [1.54, 1.807) is 24.7 Å². The van der Waals surface area contributed by atoms with Crippen LogP contribution >= 0.6 is 0 Å². The molecule has 2 aromatic heterocycles. The lowest BCUT2D eigenvalue weighted by Gasteiger charge is -2.16. The topological polar surface area (TPSA) is 63.0 Å². The standard InChI is InChI=1S/C12H16N4O/c1-12(2,17)10-8-9(4-6-14-10)16-7-5-11(13-3)15-16/h4-8,17H,1-3H3,(H,13,15). The molecule has 2 heterocycles. The molecule has 17 heavy (non-hydrogen) atoms. The number of aromatic nitrogens is 3. The molecule has 0 aliphatic heterocycles. The van der Waals surface area contributed by atoms with Gasteiger partial charge in [0.2, 0.25) is 0 Å². The fraction of sp³-hybridized carbons (Fsp3) is 0.333. The van der Waals surface area contributed by atoms with Crippen LogP contribution in [-0.4, -0.2) is 26.9 Å². The molecule has 0 aliphatic rings. The van der Waals surface area contributed by atoms with Crippen molar-refractivity contribution in [2.45, 2.75) is 19.4 Å². The molecule has 0 saturated carbocycles. The van der Waals surface area contributed by atoms with Crippen LogP contribution in [0.5, 0.6) is 0 Å². The lowest BCUT2D eigenvalue weighted by atomic mass is 10.0. The van der Waals surface area contributed by atoms with Crippen LogP contribution in [0.4, 0.5) is 5.82 Å². The summed E-state index contributed by atoms with van der Waals surface area (Å²) in [6, 6.07) is 5.55. The number of rotatable bonds is 3. The normalized spacial score (nSPS) is 11.5. The zero-order valence-corrected chi connectivity index (χ0v) is 10.2. The van der Waals surface area contributed by atoms with Crippen LogP contribution in [0.2, 0.25) is 0 Å². The van der Waals surface area contributed by atoms with Gasteiger partial charge in [-0.2, -0.15) is 5.10 Å². The molecule has 2 aromatic rings. The average Bonchev–Trinajstić information content (AvgIpc) is 2.76. The molecule has 5 heteroatoms. The highest BCUT2D eigenvalue weighted by Crippen LogP contribution is 2.19. The quantitative estimate of drug-likeness (QED) is 0.842. The van der Waals surface area contributed by atoms with E-state index in [2.05, 4.69) is 15.4 Å². The summed E-state index contributed by atoms with van der Waals surface area (Å²) in [5.41, 5.74) is 0.546. The third-order valence-corrected chi connectivity index (χ3v) is 2.48. The average molecular weight is 232 g/mol. The highest BCUT2D eigenvalue weighted by Gasteiger charge is 2.18. The largest absolute Gasteiger partial charge is 0.384 e. The highest BCUT2D eigenvalue weighted by molar-refractivity contribution is 5.38. The zero-order chi connectivity index (χ0) is 12.5. The lowest BCUT2D eigenvalue weighted by Crippen LogP contribution is -2.17. The van der Waals surface area contributed by atoms with Gasteiger partial charge in [0.15, 0.2) is 0 Å². The summed E-state index contributed by atoms with van der Waals surface area (Å²) in [6.45, 7) is 3.42. The molecule has 0 bridgehead atoms. The van der Waals surface area contributed by atoms with E-state index in [9.17, 15) is 5.11 Å². The maximum absolute atomic E-state index is 9.91. The fourth-order valence-corrected chi connectivity index (χ4v) is 1.50. The van der Waals surface area contributed by atoms with Crippen molar-refractivity contribution in [3.63, 3.8) is 0 Å². The van der Waals surface area contributed by atoms with E-state index >= 15 is 0 Å². The number of nitrogens with zero attached hydrogens (tertiary/aromatic N) is 3. The molecule has 0 fully saturated rings. The Balaban J connectivity index is 2.39. The van der Waals surface area contributed by atoms with Gasteiger partial charge in [0.25, 0.3) is 0 Å². The Kier molecular flexibility index (Phi) is 2.85. The second kappa shape index (κ2) is 4.18. The van der Waals surface area contributed by atoms with E-state index in [-0.39, 0.29) is 0 Å². The Bertz CT molecular complexity index is 513. The number of nitrogens with one attached hydrogen (secondary N) is 1. The maximum atomic E-state index is 9.91. The van der Waals surface area contributed by atoms with E-state index in [0.717, 1.165) is 11.5 Å².